The summed E-state index contributed by atoms with van der Waals surface area (Å²) in [5.41, 5.74) is 2.11. The summed E-state index contributed by atoms with van der Waals surface area (Å²) in [5.74, 6) is 3.00. The molecule has 0 aromatic rings. The van der Waals surface area contributed by atoms with Crippen molar-refractivity contribution in [2.24, 2.45) is 34.5 Å². The van der Waals surface area contributed by atoms with Gasteiger partial charge in [0.05, 0.1) is 6.10 Å². The molecule has 0 amide bonds. The zero-order chi connectivity index (χ0) is 16.4. The summed E-state index contributed by atoms with van der Waals surface area (Å²) in [6.07, 6.45) is 11.5. The predicted octanol–water partition coefficient (Wildman–Crippen LogP) is 4.52. The van der Waals surface area contributed by atoms with Crippen LogP contribution in [0.4, 0.5) is 0 Å². The first-order chi connectivity index (χ1) is 10.9. The first kappa shape index (κ1) is 15.9. The zero-order valence-electron chi connectivity index (χ0n) is 15.0. The third-order valence-corrected chi connectivity index (χ3v) is 8.57. The topological polar surface area (TPSA) is 37.3 Å². The van der Waals surface area contributed by atoms with Gasteiger partial charge < -0.3 is 5.11 Å². The molecule has 2 nitrogen and oxygen atoms in total. The van der Waals surface area contributed by atoms with E-state index in [9.17, 15) is 9.90 Å². The van der Waals surface area contributed by atoms with Crippen molar-refractivity contribution in [3.8, 4) is 0 Å². The molecule has 0 radical (unpaired) electrons. The summed E-state index contributed by atoms with van der Waals surface area (Å²) >= 11 is 0. The fourth-order valence-corrected chi connectivity index (χ4v) is 7.31. The number of fused-ring (bicyclic) bond motifs is 5. The van der Waals surface area contributed by atoms with Gasteiger partial charge in [-0.05, 0) is 86.9 Å². The van der Waals surface area contributed by atoms with Crippen LogP contribution in [0.15, 0.2) is 11.6 Å². The Balaban J connectivity index is 1.66. The van der Waals surface area contributed by atoms with Crippen LogP contribution in [-0.2, 0) is 4.79 Å². The molecule has 3 saturated carbocycles. The van der Waals surface area contributed by atoms with Crippen molar-refractivity contribution in [3.63, 3.8) is 0 Å². The van der Waals surface area contributed by atoms with Crippen molar-refractivity contribution in [3.05, 3.63) is 11.6 Å². The molecule has 0 saturated heterocycles. The molecule has 3 fully saturated rings. The normalized spacial score (nSPS) is 52.2. The predicted molar refractivity (Wildman–Crippen MR) is 91.9 cm³/mol. The fourth-order valence-electron chi connectivity index (χ4n) is 7.31. The number of carbonyl (C=O) groups excluding carboxylic acids is 1. The van der Waals surface area contributed by atoms with Crippen LogP contribution >= 0.6 is 0 Å². The highest BCUT2D eigenvalue weighted by atomic mass is 16.3. The highest BCUT2D eigenvalue weighted by Gasteiger charge is 2.59. The second kappa shape index (κ2) is 5.18. The van der Waals surface area contributed by atoms with Crippen LogP contribution in [0.3, 0.4) is 0 Å². The van der Waals surface area contributed by atoms with E-state index in [4.69, 9.17) is 0 Å². The molecule has 7 atom stereocenters. The first-order valence-electron chi connectivity index (χ1n) is 9.74. The van der Waals surface area contributed by atoms with Crippen LogP contribution in [0.1, 0.15) is 72.1 Å². The van der Waals surface area contributed by atoms with E-state index >= 15 is 0 Å². The number of ketones is 1. The van der Waals surface area contributed by atoms with Gasteiger partial charge in [-0.15, -0.1) is 0 Å². The molecule has 4 aliphatic carbocycles. The van der Waals surface area contributed by atoms with Crippen molar-refractivity contribution in [1.82, 2.24) is 0 Å². The average Bonchev–Trinajstić information content (AvgIpc) is 2.85. The lowest BCUT2D eigenvalue weighted by Crippen LogP contribution is -2.50. The fraction of sp³-hybridized carbons (Fsp3) is 0.857. The van der Waals surface area contributed by atoms with Gasteiger partial charge in [-0.3, -0.25) is 4.79 Å². The minimum absolute atomic E-state index is 0.117. The van der Waals surface area contributed by atoms with Gasteiger partial charge in [-0.25, -0.2) is 0 Å². The number of hydrogen-bond acceptors (Lipinski definition) is 2. The van der Waals surface area contributed by atoms with Crippen molar-refractivity contribution in [2.75, 3.05) is 0 Å². The van der Waals surface area contributed by atoms with Crippen LogP contribution in [0.2, 0.25) is 0 Å². The molecule has 0 spiro atoms. The molecule has 2 heteroatoms. The van der Waals surface area contributed by atoms with Gasteiger partial charge >= 0.3 is 0 Å². The molecule has 4 aliphatic rings. The number of aliphatic hydroxyl groups excluding tert-OH is 1. The maximum atomic E-state index is 12.2. The Labute approximate surface area is 140 Å². The summed E-state index contributed by atoms with van der Waals surface area (Å²) in [6, 6.07) is 0. The van der Waals surface area contributed by atoms with Gasteiger partial charge in [0.15, 0.2) is 0 Å². The minimum atomic E-state index is -0.117. The minimum Gasteiger partial charge on any atom is -0.393 e. The van der Waals surface area contributed by atoms with Crippen LogP contribution in [0.25, 0.3) is 0 Å². The number of rotatable bonds is 1. The average molecular weight is 316 g/mol. The Hall–Kier alpha value is -0.630. The molecule has 23 heavy (non-hydrogen) atoms. The molecule has 0 aromatic carbocycles. The lowest BCUT2D eigenvalue weighted by atomic mass is 9.47. The van der Waals surface area contributed by atoms with E-state index in [2.05, 4.69) is 19.9 Å². The van der Waals surface area contributed by atoms with E-state index in [1.54, 1.807) is 5.57 Å². The van der Waals surface area contributed by atoms with E-state index in [1.165, 1.54) is 25.7 Å². The van der Waals surface area contributed by atoms with Crippen molar-refractivity contribution in [1.29, 1.82) is 0 Å². The van der Waals surface area contributed by atoms with Gasteiger partial charge in [-0.2, -0.15) is 0 Å². The molecule has 4 rings (SSSR count). The monoisotopic (exact) mass is 316 g/mol. The van der Waals surface area contributed by atoms with Crippen LogP contribution < -0.4 is 0 Å². The molecule has 0 bridgehead atoms. The maximum Gasteiger partial charge on any atom is 0.133 e. The van der Waals surface area contributed by atoms with E-state index < -0.39 is 0 Å². The lowest BCUT2D eigenvalue weighted by Gasteiger charge is -2.57. The Kier molecular flexibility index (Phi) is 3.58. The molecule has 128 valence electrons. The Morgan fingerprint density at radius 3 is 2.65 bits per heavy atom. The molecule has 2 unspecified atom stereocenters. The summed E-state index contributed by atoms with van der Waals surface area (Å²) in [4.78, 5) is 12.2. The molecule has 1 N–H and O–H groups in total. The largest absolute Gasteiger partial charge is 0.393 e. The molecule has 0 aliphatic heterocycles. The molecular formula is C21H32O2. The van der Waals surface area contributed by atoms with Gasteiger partial charge in [0, 0.05) is 5.92 Å². The van der Waals surface area contributed by atoms with Gasteiger partial charge in [-0.1, -0.05) is 25.5 Å². The maximum absolute atomic E-state index is 12.2. The molecule has 0 aromatic heterocycles. The Morgan fingerprint density at radius 1 is 1.13 bits per heavy atom. The first-order valence-corrected chi connectivity index (χ1v) is 9.74. The van der Waals surface area contributed by atoms with Crippen LogP contribution in [-0.4, -0.2) is 17.0 Å². The summed E-state index contributed by atoms with van der Waals surface area (Å²) in [6.45, 7) is 6.70. The highest BCUT2D eigenvalue weighted by Crippen LogP contribution is 2.66. The third-order valence-electron chi connectivity index (χ3n) is 8.57. The molecule has 0 heterocycles. The van der Waals surface area contributed by atoms with E-state index in [1.807, 2.05) is 6.92 Å². The molecular weight excluding hydrogens is 284 g/mol. The van der Waals surface area contributed by atoms with Crippen LogP contribution in [0.5, 0.6) is 0 Å². The SMILES string of the molecule is CC(=O)C1CCC2[C@H]3CC=C4C[C@@H](O)CC[C@]4(C)[C@@H]3CC[C@]12C. The summed E-state index contributed by atoms with van der Waals surface area (Å²) in [5, 5.41) is 10.1. The number of allylic oxidation sites excluding steroid dienone is 1. The third kappa shape index (κ3) is 2.13. The van der Waals surface area contributed by atoms with Gasteiger partial charge in [0.1, 0.15) is 5.78 Å². The van der Waals surface area contributed by atoms with Crippen molar-refractivity contribution >= 4 is 5.78 Å². The van der Waals surface area contributed by atoms with Gasteiger partial charge in [0.25, 0.3) is 0 Å². The lowest BCUT2D eigenvalue weighted by molar-refractivity contribution is -0.127. The van der Waals surface area contributed by atoms with Crippen LogP contribution in [0, 0.1) is 34.5 Å². The Morgan fingerprint density at radius 2 is 1.91 bits per heavy atom. The quantitative estimate of drug-likeness (QED) is 0.722. The number of hydrogen-bond donors (Lipinski definition) is 1. The summed E-state index contributed by atoms with van der Waals surface area (Å²) < 4.78 is 0. The smallest absolute Gasteiger partial charge is 0.133 e. The number of carbonyl (C=O) groups is 1. The van der Waals surface area contributed by atoms with E-state index in [0.717, 1.165) is 43.4 Å². The highest BCUT2D eigenvalue weighted by molar-refractivity contribution is 5.79. The Bertz CT molecular complexity index is 550. The summed E-state index contributed by atoms with van der Waals surface area (Å²) in [7, 11) is 0. The van der Waals surface area contributed by atoms with Crippen molar-refractivity contribution in [2.45, 2.75) is 78.2 Å². The van der Waals surface area contributed by atoms with Crippen molar-refractivity contribution < 1.29 is 9.90 Å². The van der Waals surface area contributed by atoms with E-state index in [-0.39, 0.29) is 11.5 Å². The standard InChI is InChI=1S/C21H32O2/c1-13(22)17-6-7-18-16-5-4-14-12-15(23)8-10-20(14,2)19(16)9-11-21(17,18)3/h4,15-19,23H,5-12H2,1-3H3/t15-,16+,17?,18?,19+,20-,21+/m0/s1. The second-order valence-electron chi connectivity index (χ2n) is 9.44. The number of aliphatic hydroxyl groups is 1. The second-order valence-corrected chi connectivity index (χ2v) is 9.44. The van der Waals surface area contributed by atoms with Gasteiger partial charge in [0.2, 0.25) is 0 Å². The van der Waals surface area contributed by atoms with E-state index in [0.29, 0.717) is 17.1 Å². The number of Topliss-reactive ketones (excluding diaryl/α,β-unsaturated/α-hetero) is 1. The zero-order valence-corrected chi connectivity index (χ0v) is 15.0.